The molecule has 0 saturated heterocycles. The Hall–Kier alpha value is -1.09. The van der Waals surface area contributed by atoms with Crippen LogP contribution in [0.5, 0.6) is 5.75 Å². The van der Waals surface area contributed by atoms with Crippen LogP contribution in [-0.2, 0) is 0 Å². The second kappa shape index (κ2) is 4.83. The highest BCUT2D eigenvalue weighted by molar-refractivity contribution is 5.34. The zero-order valence-electron chi connectivity index (χ0n) is 9.58. The molecule has 0 bridgehead atoms. The molecule has 16 heavy (non-hydrogen) atoms. The van der Waals surface area contributed by atoms with Crippen molar-refractivity contribution in [2.75, 3.05) is 13.7 Å². The van der Waals surface area contributed by atoms with Gasteiger partial charge in [-0.3, -0.25) is 0 Å². The molecule has 0 amide bonds. The minimum absolute atomic E-state index is 0.213. The first-order chi connectivity index (χ1) is 7.77. The zero-order chi connectivity index (χ0) is 11.5. The fraction of sp³-hybridized carbons (Fsp3) is 0.538. The minimum atomic E-state index is -0.213. The lowest BCUT2D eigenvalue weighted by Crippen LogP contribution is -2.18. The minimum Gasteiger partial charge on any atom is -0.494 e. The van der Waals surface area contributed by atoms with Crippen LogP contribution >= 0.6 is 0 Å². The largest absolute Gasteiger partial charge is 0.494 e. The van der Waals surface area contributed by atoms with Gasteiger partial charge in [0.25, 0.3) is 0 Å². The predicted molar refractivity (Wildman–Crippen MR) is 62.1 cm³/mol. The highest BCUT2D eigenvalue weighted by Gasteiger charge is 2.30. The second-order valence-corrected chi connectivity index (χ2v) is 4.40. The molecule has 0 radical (unpaired) electrons. The Bertz CT molecular complexity index is 367. The molecule has 2 rings (SSSR count). The van der Waals surface area contributed by atoms with E-state index in [0.717, 1.165) is 24.8 Å². The topological polar surface area (TPSA) is 35.2 Å². The molecule has 2 N–H and O–H groups in total. The van der Waals surface area contributed by atoms with Crippen molar-refractivity contribution in [3.05, 3.63) is 29.6 Å². The van der Waals surface area contributed by atoms with Gasteiger partial charge in [-0.2, -0.15) is 0 Å². The molecule has 2 atom stereocenters. The average Bonchev–Trinajstić information content (AvgIpc) is 2.77. The molecule has 1 saturated carbocycles. The van der Waals surface area contributed by atoms with Gasteiger partial charge in [0, 0.05) is 0 Å². The Morgan fingerprint density at radius 1 is 1.44 bits per heavy atom. The van der Waals surface area contributed by atoms with Crippen molar-refractivity contribution >= 4 is 0 Å². The molecule has 1 aromatic carbocycles. The van der Waals surface area contributed by atoms with E-state index in [-0.39, 0.29) is 11.7 Å². The van der Waals surface area contributed by atoms with E-state index in [1.807, 2.05) is 12.1 Å². The van der Waals surface area contributed by atoms with Gasteiger partial charge in [0.15, 0.2) is 11.6 Å². The number of methoxy groups -OCH3 is 1. The number of nitrogens with two attached hydrogens (primary N) is 1. The number of ether oxygens (including phenoxy) is 1. The molecule has 1 fully saturated rings. The molecular formula is C13H18FNO. The van der Waals surface area contributed by atoms with E-state index < -0.39 is 0 Å². The molecule has 1 aliphatic rings. The van der Waals surface area contributed by atoms with Gasteiger partial charge in [0.1, 0.15) is 0 Å². The van der Waals surface area contributed by atoms with Crippen molar-refractivity contribution in [3.8, 4) is 5.75 Å². The number of hydrogen-bond donors (Lipinski definition) is 1. The molecule has 2 unspecified atom stereocenters. The van der Waals surface area contributed by atoms with E-state index in [0.29, 0.717) is 18.2 Å². The highest BCUT2D eigenvalue weighted by atomic mass is 19.1. The first-order valence-corrected chi connectivity index (χ1v) is 5.80. The summed E-state index contributed by atoms with van der Waals surface area (Å²) in [6.45, 7) is 0.640. The van der Waals surface area contributed by atoms with Crippen LogP contribution < -0.4 is 10.5 Å². The van der Waals surface area contributed by atoms with E-state index in [9.17, 15) is 4.39 Å². The maximum Gasteiger partial charge on any atom is 0.168 e. The van der Waals surface area contributed by atoms with E-state index in [1.165, 1.54) is 7.11 Å². The Labute approximate surface area is 95.6 Å². The van der Waals surface area contributed by atoms with Crippen LogP contribution in [0, 0.1) is 11.7 Å². The lowest BCUT2D eigenvalue weighted by Gasteiger charge is -2.19. The van der Waals surface area contributed by atoms with Gasteiger partial charge < -0.3 is 10.5 Å². The Kier molecular flexibility index (Phi) is 3.44. The number of hydrogen-bond acceptors (Lipinski definition) is 2. The van der Waals surface area contributed by atoms with Crippen LogP contribution in [-0.4, -0.2) is 13.7 Å². The van der Waals surface area contributed by atoms with Crippen molar-refractivity contribution in [2.45, 2.75) is 25.2 Å². The standard InChI is InChI=1S/C13H18FNO/c1-16-12-7-3-6-11(13(12)14)10-5-2-4-9(10)8-15/h3,6-7,9-10H,2,4-5,8,15H2,1H3. The molecule has 1 aliphatic carbocycles. The van der Waals surface area contributed by atoms with E-state index in [4.69, 9.17) is 10.5 Å². The van der Waals surface area contributed by atoms with Crippen LogP contribution in [0.15, 0.2) is 18.2 Å². The fourth-order valence-electron chi connectivity index (χ4n) is 2.70. The number of benzene rings is 1. The fourth-order valence-corrected chi connectivity index (χ4v) is 2.70. The molecule has 2 nitrogen and oxygen atoms in total. The van der Waals surface area contributed by atoms with E-state index >= 15 is 0 Å². The summed E-state index contributed by atoms with van der Waals surface area (Å²) in [5.41, 5.74) is 6.50. The molecule has 1 aromatic rings. The Balaban J connectivity index is 2.32. The van der Waals surface area contributed by atoms with Gasteiger partial charge in [0.05, 0.1) is 7.11 Å². The third-order valence-corrected chi connectivity index (χ3v) is 3.57. The lowest BCUT2D eigenvalue weighted by atomic mass is 9.88. The summed E-state index contributed by atoms with van der Waals surface area (Å²) in [5, 5.41) is 0. The van der Waals surface area contributed by atoms with E-state index in [1.54, 1.807) is 6.07 Å². The van der Waals surface area contributed by atoms with Crippen molar-refractivity contribution in [1.82, 2.24) is 0 Å². The maximum atomic E-state index is 14.1. The van der Waals surface area contributed by atoms with Crippen molar-refractivity contribution in [3.63, 3.8) is 0 Å². The summed E-state index contributed by atoms with van der Waals surface area (Å²) in [6.07, 6.45) is 3.28. The summed E-state index contributed by atoms with van der Waals surface area (Å²) in [5.74, 6) is 0.803. The summed E-state index contributed by atoms with van der Waals surface area (Å²) in [7, 11) is 1.50. The Morgan fingerprint density at radius 2 is 2.25 bits per heavy atom. The average molecular weight is 223 g/mol. The molecule has 0 heterocycles. The Morgan fingerprint density at radius 3 is 2.94 bits per heavy atom. The van der Waals surface area contributed by atoms with Crippen LogP contribution in [0.3, 0.4) is 0 Å². The monoisotopic (exact) mass is 223 g/mol. The smallest absolute Gasteiger partial charge is 0.168 e. The molecule has 3 heteroatoms. The van der Waals surface area contributed by atoms with E-state index in [2.05, 4.69) is 0 Å². The first-order valence-electron chi connectivity index (χ1n) is 5.80. The molecule has 0 aliphatic heterocycles. The third-order valence-electron chi connectivity index (χ3n) is 3.57. The van der Waals surface area contributed by atoms with Crippen molar-refractivity contribution < 1.29 is 9.13 Å². The van der Waals surface area contributed by atoms with Crippen LogP contribution in [0.1, 0.15) is 30.7 Å². The van der Waals surface area contributed by atoms with Gasteiger partial charge >= 0.3 is 0 Å². The summed E-state index contributed by atoms with van der Waals surface area (Å²) in [4.78, 5) is 0. The number of halogens is 1. The number of rotatable bonds is 3. The molecular weight excluding hydrogens is 205 g/mol. The van der Waals surface area contributed by atoms with Gasteiger partial charge in [-0.15, -0.1) is 0 Å². The van der Waals surface area contributed by atoms with Gasteiger partial charge in [0.2, 0.25) is 0 Å². The maximum absolute atomic E-state index is 14.1. The van der Waals surface area contributed by atoms with Crippen molar-refractivity contribution in [1.29, 1.82) is 0 Å². The first kappa shape index (κ1) is 11.4. The predicted octanol–water partition coefficient (Wildman–Crippen LogP) is 2.68. The van der Waals surface area contributed by atoms with Gasteiger partial charge in [-0.05, 0) is 42.9 Å². The zero-order valence-corrected chi connectivity index (χ0v) is 9.58. The summed E-state index contributed by atoms with van der Waals surface area (Å²) < 4.78 is 19.1. The van der Waals surface area contributed by atoms with Crippen LogP contribution in [0.2, 0.25) is 0 Å². The SMILES string of the molecule is COc1cccc(C2CCCC2CN)c1F. The summed E-state index contributed by atoms with van der Waals surface area (Å²) >= 11 is 0. The molecule has 0 aromatic heterocycles. The van der Waals surface area contributed by atoms with Crippen LogP contribution in [0.4, 0.5) is 4.39 Å². The normalized spacial score (nSPS) is 24.7. The lowest BCUT2D eigenvalue weighted by molar-refractivity contribution is 0.378. The molecule has 0 spiro atoms. The second-order valence-electron chi connectivity index (χ2n) is 4.40. The third kappa shape index (κ3) is 1.92. The van der Waals surface area contributed by atoms with Gasteiger partial charge in [-0.25, -0.2) is 4.39 Å². The van der Waals surface area contributed by atoms with Crippen molar-refractivity contribution in [2.24, 2.45) is 11.7 Å². The molecule has 88 valence electrons. The summed E-state index contributed by atoms with van der Waals surface area (Å²) in [6, 6.07) is 5.37. The van der Waals surface area contributed by atoms with Crippen LogP contribution in [0.25, 0.3) is 0 Å². The quantitative estimate of drug-likeness (QED) is 0.855. The van der Waals surface area contributed by atoms with Gasteiger partial charge in [-0.1, -0.05) is 18.6 Å². The highest BCUT2D eigenvalue weighted by Crippen LogP contribution is 2.41.